The lowest BCUT2D eigenvalue weighted by Crippen LogP contribution is -2.19. The van der Waals surface area contributed by atoms with Gasteiger partial charge in [0.05, 0.1) is 6.42 Å². The maximum atomic E-state index is 14.3. The number of nitrogens with two attached hydrogens (primary N) is 1. The van der Waals surface area contributed by atoms with E-state index in [2.05, 4.69) is 15.6 Å². The molecule has 40 heavy (non-hydrogen) atoms. The normalized spacial score (nSPS) is 10.6. The molecule has 2 amide bonds. The fourth-order valence-corrected chi connectivity index (χ4v) is 4.05. The van der Waals surface area contributed by atoms with Crippen LogP contribution < -0.4 is 21.1 Å². The molecule has 0 aliphatic carbocycles. The number of hydrogen-bond acceptors (Lipinski definition) is 6. The second-order valence-electron chi connectivity index (χ2n) is 8.90. The monoisotopic (exact) mass is 542 g/mol. The third kappa shape index (κ3) is 7.06. The van der Waals surface area contributed by atoms with Gasteiger partial charge in [0, 0.05) is 31.0 Å². The first-order valence-electron chi connectivity index (χ1n) is 12.3. The Morgan fingerprint density at radius 3 is 2.48 bits per heavy atom. The molecule has 1 aromatic heterocycles. The molecule has 0 spiro atoms. The summed E-state index contributed by atoms with van der Waals surface area (Å²) in [5, 5.41) is 14.5. The number of amides is 2. The van der Waals surface area contributed by atoms with Crippen molar-refractivity contribution in [1.29, 1.82) is 0 Å². The van der Waals surface area contributed by atoms with Crippen LogP contribution >= 0.6 is 0 Å². The number of anilines is 1. The number of carbonyl (C=O) groups is 3. The van der Waals surface area contributed by atoms with Crippen molar-refractivity contribution < 1.29 is 28.6 Å². The van der Waals surface area contributed by atoms with Crippen LogP contribution in [0.4, 0.5) is 10.1 Å². The van der Waals surface area contributed by atoms with Gasteiger partial charge in [0.1, 0.15) is 23.9 Å². The summed E-state index contributed by atoms with van der Waals surface area (Å²) in [6, 6.07) is 19.1. The first-order valence-corrected chi connectivity index (χ1v) is 12.3. The number of ether oxygens (including phenoxy) is 1. The summed E-state index contributed by atoms with van der Waals surface area (Å²) in [7, 11) is 1.51. The molecule has 1 heterocycles. The molecule has 9 nitrogen and oxygen atoms in total. The summed E-state index contributed by atoms with van der Waals surface area (Å²) in [5.74, 6) is -2.04. The number of benzene rings is 3. The van der Waals surface area contributed by atoms with Gasteiger partial charge in [-0.2, -0.15) is 0 Å². The molecule has 204 valence electrons. The predicted octanol–water partition coefficient (Wildman–Crippen LogP) is 4.16. The Morgan fingerprint density at radius 2 is 1.73 bits per heavy atom. The summed E-state index contributed by atoms with van der Waals surface area (Å²) in [4.78, 5) is 40.6. The molecule has 3 aromatic carbocycles. The molecule has 0 fully saturated rings. The van der Waals surface area contributed by atoms with Crippen molar-refractivity contribution in [3.63, 3.8) is 0 Å². The number of hydrogen-bond donors (Lipinski definition) is 4. The van der Waals surface area contributed by atoms with E-state index >= 15 is 0 Å². The van der Waals surface area contributed by atoms with Gasteiger partial charge in [0.15, 0.2) is 0 Å². The van der Waals surface area contributed by atoms with Crippen LogP contribution in [0.3, 0.4) is 0 Å². The Balaban J connectivity index is 1.69. The third-order valence-corrected chi connectivity index (χ3v) is 5.99. The quantitative estimate of drug-likeness (QED) is 0.236. The summed E-state index contributed by atoms with van der Waals surface area (Å²) in [6.45, 7) is 0.194. The molecule has 0 saturated carbocycles. The number of carboxylic acid groups (broad SMARTS) is 1. The number of nitrogens with one attached hydrogen (secondary N) is 2. The van der Waals surface area contributed by atoms with Crippen molar-refractivity contribution in [3.8, 4) is 16.9 Å². The zero-order valence-corrected chi connectivity index (χ0v) is 21.6. The van der Waals surface area contributed by atoms with Gasteiger partial charge in [0.2, 0.25) is 0 Å². The van der Waals surface area contributed by atoms with E-state index in [1.165, 1.54) is 31.4 Å². The number of nitrogens with zero attached hydrogens (tertiary/aromatic N) is 1. The molecule has 4 aromatic rings. The van der Waals surface area contributed by atoms with E-state index in [0.717, 1.165) is 0 Å². The molecule has 10 heteroatoms. The lowest BCUT2D eigenvalue weighted by Gasteiger charge is -2.14. The fourth-order valence-electron chi connectivity index (χ4n) is 4.05. The molecule has 0 unspecified atom stereocenters. The minimum absolute atomic E-state index is 0.0652. The SMILES string of the molecule is CNC(=O)c1cc(COc2cc(C(=O)Nc3ccccc3CC(=O)O)cc(-c3cc(F)cc(CN)c3)c2)ccn1. The Bertz CT molecular complexity index is 1570. The van der Waals surface area contributed by atoms with Crippen LogP contribution in [-0.4, -0.2) is 34.9 Å². The van der Waals surface area contributed by atoms with Crippen molar-refractivity contribution in [2.75, 3.05) is 12.4 Å². The van der Waals surface area contributed by atoms with Crippen LogP contribution in [0.2, 0.25) is 0 Å². The minimum Gasteiger partial charge on any atom is -0.489 e. The van der Waals surface area contributed by atoms with E-state index < -0.39 is 17.7 Å². The molecule has 0 aliphatic rings. The van der Waals surface area contributed by atoms with Crippen LogP contribution in [0, 0.1) is 5.82 Å². The van der Waals surface area contributed by atoms with Gasteiger partial charge in [-0.3, -0.25) is 19.4 Å². The summed E-state index contributed by atoms with van der Waals surface area (Å²) in [6.07, 6.45) is 1.23. The number of aliphatic carboxylic acids is 1. The highest BCUT2D eigenvalue weighted by Gasteiger charge is 2.15. The molecule has 4 rings (SSSR count). The second-order valence-corrected chi connectivity index (χ2v) is 8.90. The van der Waals surface area contributed by atoms with Crippen LogP contribution in [0.25, 0.3) is 11.1 Å². The van der Waals surface area contributed by atoms with E-state index in [4.69, 9.17) is 10.5 Å². The Morgan fingerprint density at radius 1 is 0.950 bits per heavy atom. The van der Waals surface area contributed by atoms with Gasteiger partial charge in [-0.25, -0.2) is 4.39 Å². The molecule has 5 N–H and O–H groups in total. The average Bonchev–Trinajstić information content (AvgIpc) is 2.96. The first-order chi connectivity index (χ1) is 19.2. The molecule has 0 aliphatic heterocycles. The maximum absolute atomic E-state index is 14.3. The van der Waals surface area contributed by atoms with E-state index in [-0.39, 0.29) is 36.7 Å². The first kappa shape index (κ1) is 27.9. The van der Waals surface area contributed by atoms with Crippen molar-refractivity contribution in [1.82, 2.24) is 10.3 Å². The van der Waals surface area contributed by atoms with Gasteiger partial charge in [-0.15, -0.1) is 0 Å². The number of pyridine rings is 1. The van der Waals surface area contributed by atoms with E-state index in [1.54, 1.807) is 54.6 Å². The van der Waals surface area contributed by atoms with Crippen LogP contribution in [0.5, 0.6) is 5.75 Å². The predicted molar refractivity (Wildman–Crippen MR) is 147 cm³/mol. The molecule has 0 atom stereocenters. The van der Waals surface area contributed by atoms with Gasteiger partial charge in [-0.1, -0.05) is 18.2 Å². The van der Waals surface area contributed by atoms with Crippen LogP contribution in [0.1, 0.15) is 37.5 Å². The third-order valence-electron chi connectivity index (χ3n) is 5.99. The lowest BCUT2D eigenvalue weighted by atomic mass is 9.99. The number of carbonyl (C=O) groups excluding carboxylic acids is 2. The zero-order valence-electron chi connectivity index (χ0n) is 21.6. The van der Waals surface area contributed by atoms with Gasteiger partial charge >= 0.3 is 5.97 Å². The van der Waals surface area contributed by atoms with E-state index in [9.17, 15) is 23.9 Å². The molecular weight excluding hydrogens is 515 g/mol. The molecule has 0 radical (unpaired) electrons. The Hall–Kier alpha value is -5.09. The molecule has 0 bridgehead atoms. The highest BCUT2D eigenvalue weighted by atomic mass is 19.1. The van der Waals surface area contributed by atoms with Gasteiger partial charge in [-0.05, 0) is 82.4 Å². The average molecular weight is 543 g/mol. The minimum atomic E-state index is -1.03. The van der Waals surface area contributed by atoms with E-state index in [1.807, 2.05) is 0 Å². The summed E-state index contributed by atoms with van der Waals surface area (Å²) >= 11 is 0. The maximum Gasteiger partial charge on any atom is 0.307 e. The molecule has 0 saturated heterocycles. The second kappa shape index (κ2) is 12.6. The van der Waals surface area contributed by atoms with Crippen molar-refractivity contribution >= 4 is 23.5 Å². The lowest BCUT2D eigenvalue weighted by molar-refractivity contribution is -0.136. The number of rotatable bonds is 10. The number of aromatic nitrogens is 1. The van der Waals surface area contributed by atoms with Crippen molar-refractivity contribution in [3.05, 3.63) is 113 Å². The van der Waals surface area contributed by atoms with Crippen LogP contribution in [0.15, 0.2) is 79.0 Å². The number of halogens is 1. The Labute approximate surface area is 229 Å². The summed E-state index contributed by atoms with van der Waals surface area (Å²) < 4.78 is 20.3. The summed E-state index contributed by atoms with van der Waals surface area (Å²) in [5.41, 5.74) is 9.22. The number of para-hydroxylation sites is 1. The van der Waals surface area contributed by atoms with Crippen molar-refractivity contribution in [2.24, 2.45) is 5.73 Å². The van der Waals surface area contributed by atoms with Gasteiger partial charge in [0.25, 0.3) is 11.8 Å². The van der Waals surface area contributed by atoms with Gasteiger partial charge < -0.3 is 26.2 Å². The zero-order chi connectivity index (χ0) is 28.6. The number of carboxylic acids is 1. The largest absolute Gasteiger partial charge is 0.489 e. The highest BCUT2D eigenvalue weighted by molar-refractivity contribution is 6.06. The van der Waals surface area contributed by atoms with Crippen LogP contribution in [-0.2, 0) is 24.4 Å². The Kier molecular flexibility index (Phi) is 8.82. The molecular formula is C30H27FN4O5. The standard InChI is InChI=1S/C30H27FN4O5/c1-33-30(39)27-10-18(6-7-34-27)17-40-25-13-22(21-8-19(16-32)9-24(31)12-21)11-23(14-25)29(38)35-26-5-3-2-4-20(26)15-28(36)37/h2-14H,15-17,32H2,1H3,(H,33,39)(H,35,38)(H,36,37). The smallest absolute Gasteiger partial charge is 0.307 e. The van der Waals surface area contributed by atoms with E-state index in [0.29, 0.717) is 39.3 Å². The highest BCUT2D eigenvalue weighted by Crippen LogP contribution is 2.29. The topological polar surface area (TPSA) is 144 Å². The fraction of sp³-hybridized carbons (Fsp3) is 0.133. The van der Waals surface area contributed by atoms with Crippen molar-refractivity contribution in [2.45, 2.75) is 19.6 Å².